The van der Waals surface area contributed by atoms with Crippen molar-refractivity contribution < 1.29 is 9.59 Å². The fraction of sp³-hybridized carbons (Fsp3) is 0.882. The number of carbonyl (C=O) groups excluding carboxylic acids is 2. The van der Waals surface area contributed by atoms with Crippen molar-refractivity contribution in [3.8, 4) is 0 Å². The number of nitrogens with zero attached hydrogens (tertiary/aromatic N) is 1. The van der Waals surface area contributed by atoms with Gasteiger partial charge in [-0.3, -0.25) is 9.59 Å². The van der Waals surface area contributed by atoms with Gasteiger partial charge in [-0.2, -0.15) is 0 Å². The van der Waals surface area contributed by atoms with Gasteiger partial charge >= 0.3 is 0 Å². The Bertz CT molecular complexity index is 392. The van der Waals surface area contributed by atoms with Crippen LogP contribution in [-0.2, 0) is 9.59 Å². The zero-order chi connectivity index (χ0) is 15.9. The van der Waals surface area contributed by atoms with Gasteiger partial charge in [-0.15, -0.1) is 12.4 Å². The van der Waals surface area contributed by atoms with Crippen LogP contribution in [0.1, 0.15) is 51.9 Å². The Hall–Kier alpha value is -0.810. The highest BCUT2D eigenvalue weighted by Gasteiger charge is 2.30. The number of halogens is 1. The number of carbonyl (C=O) groups is 2. The lowest BCUT2D eigenvalue weighted by atomic mass is 9.80. The normalized spacial score (nSPS) is 27.9. The Morgan fingerprint density at radius 1 is 1.22 bits per heavy atom. The van der Waals surface area contributed by atoms with Crippen LogP contribution in [0.3, 0.4) is 0 Å². The van der Waals surface area contributed by atoms with Gasteiger partial charge in [0.1, 0.15) is 0 Å². The summed E-state index contributed by atoms with van der Waals surface area (Å²) in [7, 11) is 0. The van der Waals surface area contributed by atoms with E-state index in [4.69, 9.17) is 5.73 Å². The van der Waals surface area contributed by atoms with Gasteiger partial charge in [-0.05, 0) is 37.5 Å². The quantitative estimate of drug-likeness (QED) is 0.799. The van der Waals surface area contributed by atoms with Crippen LogP contribution >= 0.6 is 12.4 Å². The summed E-state index contributed by atoms with van der Waals surface area (Å²) in [5.74, 6) is 1.53. The van der Waals surface area contributed by atoms with Crippen molar-refractivity contribution in [1.82, 2.24) is 10.2 Å². The summed E-state index contributed by atoms with van der Waals surface area (Å²) in [6.45, 7) is 4.65. The highest BCUT2D eigenvalue weighted by molar-refractivity contribution is 5.85. The number of amides is 2. The first-order valence-electron chi connectivity index (χ1n) is 8.85. The summed E-state index contributed by atoms with van der Waals surface area (Å²) in [5, 5.41) is 2.85. The lowest BCUT2D eigenvalue weighted by Gasteiger charge is -2.34. The van der Waals surface area contributed by atoms with Crippen LogP contribution in [0.25, 0.3) is 0 Å². The molecule has 0 spiro atoms. The minimum absolute atomic E-state index is 0. The maximum absolute atomic E-state index is 12.5. The highest BCUT2D eigenvalue weighted by Crippen LogP contribution is 2.31. The molecule has 1 aliphatic heterocycles. The van der Waals surface area contributed by atoms with Crippen LogP contribution in [0, 0.1) is 17.8 Å². The van der Waals surface area contributed by atoms with E-state index in [2.05, 4.69) is 12.2 Å². The lowest BCUT2D eigenvalue weighted by molar-refractivity contribution is -0.136. The molecule has 3 atom stereocenters. The average Bonchev–Trinajstić information content (AvgIpc) is 2.52. The number of hydrogen-bond acceptors (Lipinski definition) is 3. The first kappa shape index (κ1) is 20.2. The van der Waals surface area contributed by atoms with E-state index in [1.165, 1.54) is 25.7 Å². The van der Waals surface area contributed by atoms with Crippen LogP contribution in [0.5, 0.6) is 0 Å². The van der Waals surface area contributed by atoms with E-state index >= 15 is 0 Å². The third-order valence-electron chi connectivity index (χ3n) is 5.10. The monoisotopic (exact) mass is 345 g/mol. The van der Waals surface area contributed by atoms with Crippen molar-refractivity contribution in [1.29, 1.82) is 0 Å². The summed E-state index contributed by atoms with van der Waals surface area (Å²) in [6.07, 6.45) is 7.39. The molecular weight excluding hydrogens is 314 g/mol. The largest absolute Gasteiger partial charge is 0.355 e. The molecule has 23 heavy (non-hydrogen) atoms. The molecule has 1 saturated heterocycles. The molecule has 0 bridgehead atoms. The first-order valence-corrected chi connectivity index (χ1v) is 8.85. The highest BCUT2D eigenvalue weighted by atomic mass is 35.5. The minimum Gasteiger partial charge on any atom is -0.355 e. The van der Waals surface area contributed by atoms with E-state index in [1.54, 1.807) is 0 Å². The second kappa shape index (κ2) is 10.1. The third kappa shape index (κ3) is 6.30. The zero-order valence-electron chi connectivity index (χ0n) is 14.3. The molecule has 2 aliphatic rings. The summed E-state index contributed by atoms with van der Waals surface area (Å²) >= 11 is 0. The van der Waals surface area contributed by atoms with E-state index in [-0.39, 0.29) is 30.1 Å². The molecular formula is C17H32ClN3O2. The molecule has 0 aromatic carbocycles. The Kier molecular flexibility index (Phi) is 8.92. The molecule has 3 N–H and O–H groups in total. The molecule has 2 amide bonds. The molecule has 1 saturated carbocycles. The number of rotatable bonds is 5. The van der Waals surface area contributed by atoms with Gasteiger partial charge in [-0.1, -0.05) is 19.8 Å². The van der Waals surface area contributed by atoms with Gasteiger partial charge in [0.2, 0.25) is 11.8 Å². The maximum atomic E-state index is 12.5. The van der Waals surface area contributed by atoms with Crippen molar-refractivity contribution >= 4 is 24.2 Å². The Labute approximate surface area is 146 Å². The van der Waals surface area contributed by atoms with Gasteiger partial charge in [-0.25, -0.2) is 0 Å². The van der Waals surface area contributed by atoms with E-state index in [9.17, 15) is 9.59 Å². The van der Waals surface area contributed by atoms with Crippen molar-refractivity contribution in [2.45, 2.75) is 51.9 Å². The Balaban J connectivity index is 0.00000264. The standard InChI is InChI=1S/C17H31N3O2.ClH/c1-13-4-2-5-14(10-13)11-16(21)20-9-3-6-15(12-20)17(22)19-8-7-18;/h13-15H,2-12,18H2,1H3,(H,19,22);1H. The van der Waals surface area contributed by atoms with E-state index in [0.717, 1.165) is 25.3 Å². The Morgan fingerprint density at radius 3 is 2.70 bits per heavy atom. The molecule has 1 heterocycles. The summed E-state index contributed by atoms with van der Waals surface area (Å²) < 4.78 is 0. The number of piperidine rings is 1. The molecule has 134 valence electrons. The molecule has 0 radical (unpaired) electrons. The van der Waals surface area contributed by atoms with Gasteiger partial charge < -0.3 is 16.0 Å². The van der Waals surface area contributed by atoms with Gasteiger partial charge in [0.05, 0.1) is 5.92 Å². The topological polar surface area (TPSA) is 75.4 Å². The van der Waals surface area contributed by atoms with Crippen LogP contribution < -0.4 is 11.1 Å². The van der Waals surface area contributed by atoms with E-state index in [1.807, 2.05) is 4.90 Å². The molecule has 6 heteroatoms. The third-order valence-corrected chi connectivity index (χ3v) is 5.10. The first-order chi connectivity index (χ1) is 10.6. The fourth-order valence-electron chi connectivity index (χ4n) is 3.88. The second-order valence-electron chi connectivity index (χ2n) is 7.10. The average molecular weight is 346 g/mol. The molecule has 2 rings (SSSR count). The number of nitrogens with one attached hydrogen (secondary N) is 1. The summed E-state index contributed by atoms with van der Waals surface area (Å²) in [4.78, 5) is 26.5. The van der Waals surface area contributed by atoms with Crippen LogP contribution in [0.4, 0.5) is 0 Å². The van der Waals surface area contributed by atoms with Crippen LogP contribution in [0.2, 0.25) is 0 Å². The fourth-order valence-corrected chi connectivity index (χ4v) is 3.88. The van der Waals surface area contributed by atoms with Crippen LogP contribution in [-0.4, -0.2) is 42.9 Å². The van der Waals surface area contributed by atoms with E-state index < -0.39 is 0 Å². The smallest absolute Gasteiger partial charge is 0.224 e. The lowest BCUT2D eigenvalue weighted by Crippen LogP contribution is -2.46. The van der Waals surface area contributed by atoms with Crippen molar-refractivity contribution in [3.63, 3.8) is 0 Å². The SMILES string of the molecule is CC1CCCC(CC(=O)N2CCCC(C(=O)NCCN)C2)C1.Cl. The van der Waals surface area contributed by atoms with E-state index in [0.29, 0.717) is 32.0 Å². The maximum Gasteiger partial charge on any atom is 0.224 e. The van der Waals surface area contributed by atoms with Gasteiger partial charge in [0.15, 0.2) is 0 Å². The molecule has 3 unspecified atom stereocenters. The van der Waals surface area contributed by atoms with Gasteiger partial charge in [0.25, 0.3) is 0 Å². The molecule has 5 nitrogen and oxygen atoms in total. The summed E-state index contributed by atoms with van der Waals surface area (Å²) in [6, 6.07) is 0. The van der Waals surface area contributed by atoms with Crippen molar-refractivity contribution in [3.05, 3.63) is 0 Å². The van der Waals surface area contributed by atoms with Crippen molar-refractivity contribution in [2.24, 2.45) is 23.5 Å². The van der Waals surface area contributed by atoms with Crippen molar-refractivity contribution in [2.75, 3.05) is 26.2 Å². The molecule has 1 aliphatic carbocycles. The molecule has 0 aromatic heterocycles. The predicted molar refractivity (Wildman–Crippen MR) is 94.4 cm³/mol. The summed E-state index contributed by atoms with van der Waals surface area (Å²) in [5.41, 5.74) is 5.42. The Morgan fingerprint density at radius 2 is 2.00 bits per heavy atom. The van der Waals surface area contributed by atoms with Crippen LogP contribution in [0.15, 0.2) is 0 Å². The number of likely N-dealkylation sites (tertiary alicyclic amines) is 1. The molecule has 0 aromatic rings. The second-order valence-corrected chi connectivity index (χ2v) is 7.10. The molecule has 2 fully saturated rings. The van der Waals surface area contributed by atoms with Gasteiger partial charge in [0, 0.05) is 32.6 Å². The predicted octanol–water partition coefficient (Wildman–Crippen LogP) is 1.94. The number of nitrogens with two attached hydrogens (primary N) is 1. The number of hydrogen-bond donors (Lipinski definition) is 2. The zero-order valence-corrected chi connectivity index (χ0v) is 15.1. The minimum atomic E-state index is -0.0606.